The fourth-order valence-electron chi connectivity index (χ4n) is 3.94. The molecule has 12 heteroatoms. The van der Waals surface area contributed by atoms with Crippen LogP contribution in [-0.4, -0.2) is 39.7 Å². The second-order valence-electron chi connectivity index (χ2n) is 7.66. The van der Waals surface area contributed by atoms with Gasteiger partial charge in [0.2, 0.25) is 10.0 Å². The summed E-state index contributed by atoms with van der Waals surface area (Å²) in [5.74, 6) is -0.857. The number of halogens is 1. The zero-order chi connectivity index (χ0) is 24.0. The van der Waals surface area contributed by atoms with Gasteiger partial charge in [-0.05, 0) is 59.6 Å². The molecule has 3 heterocycles. The van der Waals surface area contributed by atoms with Crippen LogP contribution in [0.4, 0.5) is 0 Å². The number of carbonyl (C=O) groups is 1. The van der Waals surface area contributed by atoms with Gasteiger partial charge in [0.1, 0.15) is 11.2 Å². The summed E-state index contributed by atoms with van der Waals surface area (Å²) in [6, 6.07) is 13.9. The Morgan fingerprint density at radius 3 is 2.79 bits per heavy atom. The Morgan fingerprint density at radius 2 is 2.03 bits per heavy atom. The first-order valence-corrected chi connectivity index (χ1v) is 13.0. The van der Waals surface area contributed by atoms with Gasteiger partial charge in [0.15, 0.2) is 0 Å². The molecule has 0 bridgehead atoms. The van der Waals surface area contributed by atoms with Crippen molar-refractivity contribution in [3.8, 4) is 11.1 Å². The number of hydrogen-bond donors (Lipinski definition) is 2. The van der Waals surface area contributed by atoms with Crippen molar-refractivity contribution in [2.24, 2.45) is 0 Å². The summed E-state index contributed by atoms with van der Waals surface area (Å²) in [7, 11) is -3.88. The van der Waals surface area contributed by atoms with E-state index in [1.54, 1.807) is 34.9 Å². The van der Waals surface area contributed by atoms with Crippen molar-refractivity contribution in [3.05, 3.63) is 81.4 Å². The van der Waals surface area contributed by atoms with Crippen molar-refractivity contribution in [3.63, 3.8) is 0 Å². The minimum Gasteiger partial charge on any atom is -0.331 e. The highest BCUT2D eigenvalue weighted by Crippen LogP contribution is 2.36. The Kier molecular flexibility index (Phi) is 5.47. The number of amides is 1. The van der Waals surface area contributed by atoms with Crippen molar-refractivity contribution in [2.75, 3.05) is 6.26 Å². The number of fused-ring (bicyclic) bond motifs is 2. The van der Waals surface area contributed by atoms with Gasteiger partial charge in [-0.25, -0.2) is 13.1 Å². The maximum absolute atomic E-state index is 13.3. The van der Waals surface area contributed by atoms with Gasteiger partial charge in [0.05, 0.1) is 11.0 Å². The predicted molar refractivity (Wildman–Crippen MR) is 132 cm³/mol. The van der Waals surface area contributed by atoms with E-state index in [0.717, 1.165) is 16.5 Å². The molecule has 5 aromatic rings. The van der Waals surface area contributed by atoms with Crippen LogP contribution in [0.3, 0.4) is 0 Å². The van der Waals surface area contributed by atoms with Crippen LogP contribution in [0.15, 0.2) is 59.5 Å². The van der Waals surface area contributed by atoms with Gasteiger partial charge in [0, 0.05) is 39.8 Å². The smallest absolute Gasteiger partial charge is 0.282 e. The Bertz CT molecular complexity index is 1750. The van der Waals surface area contributed by atoms with E-state index in [4.69, 9.17) is 11.6 Å². The summed E-state index contributed by atoms with van der Waals surface area (Å²) in [6.07, 6.45) is 2.37. The number of aromatic nitrogens is 4. The van der Waals surface area contributed by atoms with Crippen LogP contribution in [0.5, 0.6) is 0 Å². The minimum atomic E-state index is -3.88. The Balaban J connectivity index is 1.82. The molecular weight excluding hydrogens is 498 g/mol. The highest BCUT2D eigenvalue weighted by molar-refractivity contribution is 7.89. The van der Waals surface area contributed by atoms with Crippen LogP contribution in [0.1, 0.15) is 16.1 Å². The zero-order valence-corrected chi connectivity index (χ0v) is 20.0. The molecule has 5 rings (SSSR count). The molecule has 3 aromatic heterocycles. The number of rotatable bonds is 5. The van der Waals surface area contributed by atoms with Gasteiger partial charge < -0.3 is 9.55 Å². The molecule has 1 amide bonds. The largest absolute Gasteiger partial charge is 0.331 e. The number of carbonyl (C=O) groups excluding carboxylic acids is 1. The molecule has 2 aromatic carbocycles. The van der Waals surface area contributed by atoms with E-state index in [0.29, 0.717) is 21.4 Å². The van der Waals surface area contributed by atoms with E-state index < -0.39 is 21.5 Å². The average molecular weight is 514 g/mol. The Hall–Kier alpha value is -3.54. The van der Waals surface area contributed by atoms with E-state index in [9.17, 15) is 18.0 Å². The molecule has 0 aliphatic carbocycles. The third-order valence-electron chi connectivity index (χ3n) is 5.26. The molecule has 0 saturated carbocycles. The van der Waals surface area contributed by atoms with Gasteiger partial charge in [0.25, 0.3) is 11.5 Å². The molecule has 9 nitrogen and oxygen atoms in total. The van der Waals surface area contributed by atoms with Crippen molar-refractivity contribution in [1.29, 1.82) is 0 Å². The number of nitrogens with zero attached hydrogens (tertiary/aromatic N) is 3. The normalized spacial score (nSPS) is 11.8. The molecule has 0 fully saturated rings. The lowest BCUT2D eigenvalue weighted by Gasteiger charge is -2.12. The van der Waals surface area contributed by atoms with Crippen LogP contribution in [0.2, 0.25) is 5.02 Å². The third kappa shape index (κ3) is 4.09. The van der Waals surface area contributed by atoms with Gasteiger partial charge in [-0.3, -0.25) is 9.59 Å². The van der Waals surface area contributed by atoms with Gasteiger partial charge in [-0.15, -0.1) is 5.10 Å². The minimum absolute atomic E-state index is 0.0240. The molecule has 0 atom stereocenters. The van der Waals surface area contributed by atoms with Crippen LogP contribution in [-0.2, 0) is 16.6 Å². The lowest BCUT2D eigenvalue weighted by Crippen LogP contribution is -2.31. The Labute approximate surface area is 202 Å². The Morgan fingerprint density at radius 1 is 1.21 bits per heavy atom. The van der Waals surface area contributed by atoms with Crippen molar-refractivity contribution < 1.29 is 13.2 Å². The summed E-state index contributed by atoms with van der Waals surface area (Å²) in [5.41, 5.74) is 2.24. The molecule has 34 heavy (non-hydrogen) atoms. The molecule has 0 spiro atoms. The molecule has 0 saturated heterocycles. The van der Waals surface area contributed by atoms with Crippen molar-refractivity contribution in [2.45, 2.75) is 6.54 Å². The maximum Gasteiger partial charge on any atom is 0.282 e. The fraction of sp³-hybridized carbons (Fsp3) is 0.0909. The number of hydrogen-bond acceptors (Lipinski definition) is 7. The van der Waals surface area contributed by atoms with Crippen LogP contribution >= 0.6 is 23.1 Å². The van der Waals surface area contributed by atoms with E-state index in [-0.39, 0.29) is 23.4 Å². The monoisotopic (exact) mass is 513 g/mol. The van der Waals surface area contributed by atoms with Crippen LogP contribution in [0.25, 0.3) is 32.2 Å². The van der Waals surface area contributed by atoms with E-state index in [1.807, 2.05) is 22.9 Å². The van der Waals surface area contributed by atoms with E-state index >= 15 is 0 Å². The third-order valence-corrected chi connectivity index (χ3v) is 6.75. The van der Waals surface area contributed by atoms with E-state index in [2.05, 4.69) is 14.6 Å². The molecular formula is C22H16ClN5O4S2. The highest BCUT2D eigenvalue weighted by Gasteiger charge is 2.27. The molecule has 0 radical (unpaired) electrons. The second-order valence-corrected chi connectivity index (χ2v) is 10.6. The van der Waals surface area contributed by atoms with Crippen LogP contribution in [0, 0.1) is 0 Å². The lowest BCUT2D eigenvalue weighted by molar-refractivity contribution is 0.0974. The summed E-state index contributed by atoms with van der Waals surface area (Å²) in [6.45, 7) is 0.211. The summed E-state index contributed by atoms with van der Waals surface area (Å²) >= 11 is 7.55. The van der Waals surface area contributed by atoms with Crippen molar-refractivity contribution in [1.82, 2.24) is 23.9 Å². The number of aromatic amines is 1. The number of H-pyrrole nitrogens is 1. The first-order valence-electron chi connectivity index (χ1n) is 9.94. The number of benzene rings is 2. The first-order chi connectivity index (χ1) is 16.2. The van der Waals surface area contributed by atoms with Gasteiger partial charge in [-0.2, -0.15) is 0 Å². The van der Waals surface area contributed by atoms with Gasteiger partial charge >= 0.3 is 0 Å². The highest BCUT2D eigenvalue weighted by atomic mass is 35.5. The molecule has 0 aliphatic heterocycles. The first kappa shape index (κ1) is 22.3. The number of nitrogens with one attached hydrogen (secondary N) is 2. The van der Waals surface area contributed by atoms with E-state index in [1.165, 1.54) is 17.7 Å². The molecule has 2 N–H and O–H groups in total. The lowest BCUT2D eigenvalue weighted by atomic mass is 10.0. The second kappa shape index (κ2) is 8.35. The quantitative estimate of drug-likeness (QED) is 0.371. The van der Waals surface area contributed by atoms with Gasteiger partial charge in [-0.1, -0.05) is 22.2 Å². The average Bonchev–Trinajstić information content (AvgIpc) is 3.35. The summed E-state index contributed by atoms with van der Waals surface area (Å²) in [4.78, 5) is 28.7. The molecule has 172 valence electrons. The summed E-state index contributed by atoms with van der Waals surface area (Å²) < 4.78 is 32.5. The topological polar surface area (TPSA) is 127 Å². The van der Waals surface area contributed by atoms with Crippen molar-refractivity contribution >= 4 is 60.2 Å². The molecule has 0 aliphatic rings. The van der Waals surface area contributed by atoms with Crippen LogP contribution < -0.4 is 10.3 Å². The SMILES string of the molecule is CS(=O)(=O)NC(=O)c1c(-c2ccc[nH]c2=O)c2cc(Cl)ccc2n1Cc1ccc2snnc2c1. The maximum atomic E-state index is 13.3. The standard InChI is InChI=1S/C22H16ClN5O4S2/c1-34(31,32)26-22(30)20-19(14-3-2-8-24-21(14)29)15-10-13(23)5-6-17(15)28(20)11-12-4-7-18-16(9-12)25-27-33-18/h2-10H,11H2,1H3,(H,24,29)(H,26,30). The number of sulfonamides is 1. The molecule has 0 unspecified atom stereocenters. The number of pyridine rings is 1. The summed E-state index contributed by atoms with van der Waals surface area (Å²) in [5, 5.41) is 5.05. The predicted octanol–water partition coefficient (Wildman–Crippen LogP) is 3.39. The fourth-order valence-corrected chi connectivity index (χ4v) is 5.09. The zero-order valence-electron chi connectivity index (χ0n) is 17.6.